The van der Waals surface area contributed by atoms with E-state index >= 15 is 0 Å². The molecule has 0 unspecified atom stereocenters. The van der Waals surface area contributed by atoms with Crippen LogP contribution in [-0.4, -0.2) is 5.97 Å². The van der Waals surface area contributed by atoms with Crippen molar-refractivity contribution in [1.29, 1.82) is 0 Å². The summed E-state index contributed by atoms with van der Waals surface area (Å²) in [6, 6.07) is 18.9. The summed E-state index contributed by atoms with van der Waals surface area (Å²) in [6.45, 7) is 0.351. The Hall–Kier alpha value is -2.65. The number of cyclic esters (lactones) is 1. The van der Waals surface area contributed by atoms with Crippen LogP contribution < -0.4 is 0 Å². The zero-order valence-corrected chi connectivity index (χ0v) is 14.7. The normalized spacial score (nSPS) is 14.0. The highest BCUT2D eigenvalue weighted by Crippen LogP contribution is 2.44. The molecule has 5 aromatic carbocycles. The summed E-state index contributed by atoms with van der Waals surface area (Å²) in [5.74, 6) is -0.226. The van der Waals surface area contributed by atoms with Crippen LogP contribution in [0.25, 0.3) is 43.1 Å². The number of carbonyl (C=O) groups excluding carboxylic acids is 1. The molecule has 0 amide bonds. The fourth-order valence-electron chi connectivity index (χ4n) is 4.35. The van der Waals surface area contributed by atoms with E-state index in [0.717, 1.165) is 15.4 Å². The van der Waals surface area contributed by atoms with Gasteiger partial charge in [0.2, 0.25) is 0 Å². The number of benzene rings is 5. The molecule has 0 bridgehead atoms. The van der Waals surface area contributed by atoms with Crippen molar-refractivity contribution in [1.82, 2.24) is 0 Å². The Balaban J connectivity index is 2.02. The van der Waals surface area contributed by atoms with E-state index in [1.165, 1.54) is 37.7 Å². The van der Waals surface area contributed by atoms with Crippen LogP contribution in [0.4, 0.5) is 0 Å². The quantitative estimate of drug-likeness (QED) is 0.180. The Morgan fingerprint density at radius 3 is 2.28 bits per heavy atom. The maximum absolute atomic E-state index is 12.3. The van der Waals surface area contributed by atoms with Gasteiger partial charge in [-0.15, -0.1) is 0 Å². The largest absolute Gasteiger partial charge is 0.457 e. The standard InChI is InChI=1S/C22H11BrO2/c23-18-9-8-13-15-6-7-17-19-11(10-25-22(17)24)4-5-14(21(15)19)12-2-1-3-16(18)20(12)13/h1-9H,10H2. The molecule has 0 radical (unpaired) electrons. The third-order valence-electron chi connectivity index (χ3n) is 5.39. The fraction of sp³-hybridized carbons (Fsp3) is 0.0455. The first-order chi connectivity index (χ1) is 12.2. The summed E-state index contributed by atoms with van der Waals surface area (Å²) >= 11 is 3.69. The molecule has 1 aliphatic heterocycles. The van der Waals surface area contributed by atoms with E-state index in [1.54, 1.807) is 0 Å². The highest BCUT2D eigenvalue weighted by molar-refractivity contribution is 9.10. The number of hydrogen-bond donors (Lipinski definition) is 0. The molecule has 2 nitrogen and oxygen atoms in total. The van der Waals surface area contributed by atoms with Crippen LogP contribution in [0, 0.1) is 0 Å². The van der Waals surface area contributed by atoms with Gasteiger partial charge in [0.15, 0.2) is 0 Å². The second-order valence-electron chi connectivity index (χ2n) is 6.58. The molecular weight excluding hydrogens is 376 g/mol. The van der Waals surface area contributed by atoms with Gasteiger partial charge in [-0.05, 0) is 55.4 Å². The van der Waals surface area contributed by atoms with Crippen LogP contribution in [0.5, 0.6) is 0 Å². The van der Waals surface area contributed by atoms with Crippen molar-refractivity contribution in [3.8, 4) is 0 Å². The molecule has 0 saturated heterocycles. The molecule has 118 valence electrons. The summed E-state index contributed by atoms with van der Waals surface area (Å²) in [5.41, 5.74) is 1.76. The maximum Gasteiger partial charge on any atom is 0.339 e. The molecule has 0 saturated carbocycles. The Kier molecular flexibility index (Phi) is 2.45. The van der Waals surface area contributed by atoms with Gasteiger partial charge in [0.25, 0.3) is 0 Å². The van der Waals surface area contributed by atoms with Crippen LogP contribution in [0.3, 0.4) is 0 Å². The van der Waals surface area contributed by atoms with Crippen molar-refractivity contribution >= 4 is 65.0 Å². The van der Waals surface area contributed by atoms with E-state index in [-0.39, 0.29) is 5.97 Å². The van der Waals surface area contributed by atoms with Gasteiger partial charge in [0, 0.05) is 9.86 Å². The van der Waals surface area contributed by atoms with Gasteiger partial charge < -0.3 is 4.74 Å². The summed E-state index contributed by atoms with van der Waals surface area (Å²) in [5, 5.41) is 9.56. The number of hydrogen-bond acceptors (Lipinski definition) is 2. The lowest BCUT2D eigenvalue weighted by Gasteiger charge is -2.21. The first-order valence-corrected chi connectivity index (χ1v) is 9.01. The second-order valence-corrected chi connectivity index (χ2v) is 7.44. The monoisotopic (exact) mass is 386 g/mol. The Bertz CT molecular complexity index is 1350. The molecule has 0 aromatic heterocycles. The molecule has 3 heteroatoms. The lowest BCUT2D eigenvalue weighted by atomic mass is 9.86. The van der Waals surface area contributed by atoms with Crippen molar-refractivity contribution in [2.45, 2.75) is 6.61 Å². The predicted molar refractivity (Wildman–Crippen MR) is 104 cm³/mol. The van der Waals surface area contributed by atoms with Crippen molar-refractivity contribution < 1.29 is 9.53 Å². The van der Waals surface area contributed by atoms with E-state index in [0.29, 0.717) is 12.2 Å². The van der Waals surface area contributed by atoms with Crippen LogP contribution in [0.2, 0.25) is 0 Å². The van der Waals surface area contributed by atoms with Crippen LogP contribution >= 0.6 is 15.9 Å². The SMILES string of the molecule is O=C1OCc2ccc3c4cccc5c(Br)ccc(c6ccc1c2c36)c54. The zero-order valence-electron chi connectivity index (χ0n) is 13.1. The lowest BCUT2D eigenvalue weighted by molar-refractivity contribution is 0.0463. The first kappa shape index (κ1) is 13.6. The molecule has 25 heavy (non-hydrogen) atoms. The smallest absolute Gasteiger partial charge is 0.339 e. The third-order valence-corrected chi connectivity index (χ3v) is 6.08. The molecule has 5 aromatic rings. The average Bonchev–Trinajstić information content (AvgIpc) is 2.65. The van der Waals surface area contributed by atoms with Crippen molar-refractivity contribution in [2.75, 3.05) is 0 Å². The Morgan fingerprint density at radius 2 is 1.40 bits per heavy atom. The predicted octanol–water partition coefficient (Wildman–Crippen LogP) is 6.17. The van der Waals surface area contributed by atoms with Gasteiger partial charge >= 0.3 is 5.97 Å². The van der Waals surface area contributed by atoms with Gasteiger partial charge in [0.1, 0.15) is 6.61 Å². The third kappa shape index (κ3) is 1.57. The summed E-state index contributed by atoms with van der Waals surface area (Å²) in [6.07, 6.45) is 0. The minimum atomic E-state index is -0.226. The van der Waals surface area contributed by atoms with Gasteiger partial charge in [0.05, 0.1) is 5.56 Å². The molecular formula is C22H11BrO2. The molecule has 0 N–H and O–H groups in total. The minimum Gasteiger partial charge on any atom is -0.457 e. The summed E-state index contributed by atoms with van der Waals surface area (Å²) in [7, 11) is 0. The lowest BCUT2D eigenvalue weighted by Crippen LogP contribution is -2.12. The van der Waals surface area contributed by atoms with Gasteiger partial charge in [-0.25, -0.2) is 4.79 Å². The number of carbonyl (C=O) groups is 1. The molecule has 1 heterocycles. The number of esters is 1. The number of fused-ring (bicyclic) bond motifs is 2. The topological polar surface area (TPSA) is 26.3 Å². The number of ether oxygens (including phenoxy) is 1. The molecule has 0 fully saturated rings. The van der Waals surface area contributed by atoms with Gasteiger partial charge in [-0.1, -0.05) is 58.4 Å². The van der Waals surface area contributed by atoms with E-state index in [1.807, 2.05) is 6.07 Å². The molecule has 0 spiro atoms. The highest BCUT2D eigenvalue weighted by Gasteiger charge is 2.24. The van der Waals surface area contributed by atoms with Gasteiger partial charge in [-0.2, -0.15) is 0 Å². The maximum atomic E-state index is 12.3. The minimum absolute atomic E-state index is 0.226. The van der Waals surface area contributed by atoms with E-state index in [4.69, 9.17) is 4.74 Å². The van der Waals surface area contributed by atoms with E-state index in [9.17, 15) is 4.79 Å². The van der Waals surface area contributed by atoms with Crippen molar-refractivity contribution in [2.24, 2.45) is 0 Å². The second kappa shape index (κ2) is 4.50. The van der Waals surface area contributed by atoms with Crippen molar-refractivity contribution in [3.05, 3.63) is 70.2 Å². The Morgan fingerprint density at radius 1 is 0.720 bits per heavy atom. The van der Waals surface area contributed by atoms with Crippen LogP contribution in [-0.2, 0) is 11.3 Å². The molecule has 1 aliphatic rings. The highest BCUT2D eigenvalue weighted by atomic mass is 79.9. The van der Waals surface area contributed by atoms with Gasteiger partial charge in [-0.3, -0.25) is 0 Å². The molecule has 0 atom stereocenters. The van der Waals surface area contributed by atoms with Crippen LogP contribution in [0.15, 0.2) is 59.1 Å². The average molecular weight is 387 g/mol. The molecule has 0 aliphatic carbocycles. The van der Waals surface area contributed by atoms with Crippen LogP contribution in [0.1, 0.15) is 15.9 Å². The zero-order chi connectivity index (χ0) is 16.7. The number of halogens is 1. The summed E-state index contributed by atoms with van der Waals surface area (Å²) in [4.78, 5) is 12.3. The fourth-order valence-corrected chi connectivity index (χ4v) is 4.81. The van der Waals surface area contributed by atoms with Crippen molar-refractivity contribution in [3.63, 3.8) is 0 Å². The van der Waals surface area contributed by atoms with E-state index in [2.05, 4.69) is 64.5 Å². The van der Waals surface area contributed by atoms with E-state index < -0.39 is 0 Å². The first-order valence-electron chi connectivity index (χ1n) is 8.22. The number of rotatable bonds is 0. The summed E-state index contributed by atoms with van der Waals surface area (Å²) < 4.78 is 6.43. The molecule has 6 rings (SSSR count). The Labute approximate surface area is 151 Å².